The van der Waals surface area contributed by atoms with Crippen LogP contribution in [0.1, 0.15) is 24.2 Å². The van der Waals surface area contributed by atoms with Gasteiger partial charge in [-0.1, -0.05) is 25.4 Å². The standard InChI is InChI=1S/C8H7ClO3.C2H6/c1-12-6-3-2-5(4-10)7(9)8(6)11;1-2/h2-4,11H,1H3;1-2H3. The van der Waals surface area contributed by atoms with Gasteiger partial charge in [0.25, 0.3) is 0 Å². The van der Waals surface area contributed by atoms with E-state index in [-0.39, 0.29) is 22.1 Å². The molecule has 0 bridgehead atoms. The monoisotopic (exact) mass is 216 g/mol. The number of phenols is 1. The van der Waals surface area contributed by atoms with Crippen molar-refractivity contribution >= 4 is 17.9 Å². The van der Waals surface area contributed by atoms with Gasteiger partial charge in [-0.05, 0) is 12.1 Å². The van der Waals surface area contributed by atoms with Crippen LogP contribution in [0.5, 0.6) is 11.5 Å². The number of benzene rings is 1. The zero-order valence-electron chi connectivity index (χ0n) is 8.37. The Labute approximate surface area is 88.3 Å². The average Bonchev–Trinajstić information content (AvgIpc) is 2.25. The topological polar surface area (TPSA) is 46.5 Å². The third-order valence-electron chi connectivity index (χ3n) is 1.46. The smallest absolute Gasteiger partial charge is 0.177 e. The van der Waals surface area contributed by atoms with Crippen LogP contribution in [0, 0.1) is 0 Å². The van der Waals surface area contributed by atoms with Gasteiger partial charge in [0.1, 0.15) is 0 Å². The molecule has 0 radical (unpaired) electrons. The second-order valence-corrected chi connectivity index (χ2v) is 2.52. The highest BCUT2D eigenvalue weighted by atomic mass is 35.5. The Morgan fingerprint density at radius 2 is 2.00 bits per heavy atom. The van der Waals surface area contributed by atoms with Crippen molar-refractivity contribution in [3.63, 3.8) is 0 Å². The lowest BCUT2D eigenvalue weighted by molar-refractivity contribution is 0.112. The first-order valence-corrected chi connectivity index (χ1v) is 4.59. The molecule has 0 aliphatic rings. The summed E-state index contributed by atoms with van der Waals surface area (Å²) in [5.41, 5.74) is 0.245. The molecule has 0 saturated heterocycles. The van der Waals surface area contributed by atoms with Crippen molar-refractivity contribution in [3.05, 3.63) is 22.7 Å². The summed E-state index contributed by atoms with van der Waals surface area (Å²) in [6, 6.07) is 2.96. The summed E-state index contributed by atoms with van der Waals surface area (Å²) in [4.78, 5) is 10.3. The van der Waals surface area contributed by atoms with Gasteiger partial charge in [0.15, 0.2) is 17.8 Å². The normalized spacial score (nSPS) is 8.57. The van der Waals surface area contributed by atoms with Gasteiger partial charge in [-0.2, -0.15) is 0 Å². The maximum atomic E-state index is 10.3. The van der Waals surface area contributed by atoms with E-state index in [2.05, 4.69) is 0 Å². The van der Waals surface area contributed by atoms with Gasteiger partial charge in [0.2, 0.25) is 0 Å². The van der Waals surface area contributed by atoms with E-state index < -0.39 is 0 Å². The van der Waals surface area contributed by atoms with Crippen LogP contribution in [0.25, 0.3) is 0 Å². The quantitative estimate of drug-likeness (QED) is 0.774. The van der Waals surface area contributed by atoms with Crippen molar-refractivity contribution in [3.8, 4) is 11.5 Å². The molecule has 0 heterocycles. The molecular formula is C10H13ClO3. The molecule has 78 valence electrons. The Balaban J connectivity index is 0.000000791. The van der Waals surface area contributed by atoms with E-state index in [9.17, 15) is 9.90 Å². The highest BCUT2D eigenvalue weighted by molar-refractivity contribution is 6.34. The molecule has 1 aromatic rings. The molecular weight excluding hydrogens is 204 g/mol. The molecule has 3 nitrogen and oxygen atoms in total. The number of aromatic hydroxyl groups is 1. The van der Waals surface area contributed by atoms with Gasteiger partial charge >= 0.3 is 0 Å². The molecule has 1 rings (SSSR count). The number of rotatable bonds is 2. The first-order chi connectivity index (χ1) is 6.70. The molecule has 1 N–H and O–H groups in total. The maximum Gasteiger partial charge on any atom is 0.177 e. The van der Waals surface area contributed by atoms with E-state index in [0.29, 0.717) is 6.29 Å². The van der Waals surface area contributed by atoms with E-state index in [1.54, 1.807) is 0 Å². The van der Waals surface area contributed by atoms with Gasteiger partial charge in [0, 0.05) is 5.56 Å². The number of carbonyl (C=O) groups is 1. The summed E-state index contributed by atoms with van der Waals surface area (Å²) >= 11 is 5.62. The fourth-order valence-corrected chi connectivity index (χ4v) is 1.02. The summed E-state index contributed by atoms with van der Waals surface area (Å²) < 4.78 is 4.77. The predicted molar refractivity (Wildman–Crippen MR) is 56.4 cm³/mol. The zero-order valence-corrected chi connectivity index (χ0v) is 9.13. The van der Waals surface area contributed by atoms with Crippen molar-refractivity contribution in [1.29, 1.82) is 0 Å². The van der Waals surface area contributed by atoms with Crippen molar-refractivity contribution in [2.24, 2.45) is 0 Å². The fraction of sp³-hybridized carbons (Fsp3) is 0.300. The van der Waals surface area contributed by atoms with E-state index in [1.807, 2.05) is 13.8 Å². The number of halogens is 1. The van der Waals surface area contributed by atoms with Crippen molar-refractivity contribution in [2.75, 3.05) is 7.11 Å². The largest absolute Gasteiger partial charge is 0.503 e. The van der Waals surface area contributed by atoms with E-state index in [4.69, 9.17) is 16.3 Å². The number of methoxy groups -OCH3 is 1. The Morgan fingerprint density at radius 3 is 2.43 bits per heavy atom. The summed E-state index contributed by atoms with van der Waals surface area (Å²) in [6.45, 7) is 4.00. The first-order valence-electron chi connectivity index (χ1n) is 4.21. The lowest BCUT2D eigenvalue weighted by Crippen LogP contribution is -1.87. The molecule has 0 amide bonds. The SMILES string of the molecule is CC.COc1ccc(C=O)c(Cl)c1O. The Hall–Kier alpha value is -1.22. The number of hydrogen-bond donors (Lipinski definition) is 1. The Morgan fingerprint density at radius 1 is 1.43 bits per heavy atom. The van der Waals surface area contributed by atoms with Gasteiger partial charge < -0.3 is 9.84 Å². The molecule has 0 spiro atoms. The van der Waals surface area contributed by atoms with Crippen LogP contribution in [-0.2, 0) is 0 Å². The third-order valence-corrected chi connectivity index (χ3v) is 1.85. The minimum atomic E-state index is -0.205. The van der Waals surface area contributed by atoms with Crippen LogP contribution in [-0.4, -0.2) is 18.5 Å². The lowest BCUT2D eigenvalue weighted by atomic mass is 10.2. The number of carbonyl (C=O) groups excluding carboxylic acids is 1. The molecule has 4 heteroatoms. The van der Waals surface area contributed by atoms with Crippen molar-refractivity contribution < 1.29 is 14.6 Å². The van der Waals surface area contributed by atoms with Crippen molar-refractivity contribution in [2.45, 2.75) is 13.8 Å². The Kier molecular flexibility index (Phi) is 5.72. The van der Waals surface area contributed by atoms with Gasteiger partial charge in [-0.15, -0.1) is 0 Å². The van der Waals surface area contributed by atoms with Crippen molar-refractivity contribution in [1.82, 2.24) is 0 Å². The average molecular weight is 217 g/mol. The number of hydrogen-bond acceptors (Lipinski definition) is 3. The second-order valence-electron chi connectivity index (χ2n) is 2.14. The highest BCUT2D eigenvalue weighted by Crippen LogP contribution is 2.35. The third kappa shape index (κ3) is 2.64. The maximum absolute atomic E-state index is 10.3. The second kappa shape index (κ2) is 6.27. The first kappa shape index (κ1) is 12.8. The van der Waals surface area contributed by atoms with E-state index in [0.717, 1.165) is 0 Å². The molecule has 0 saturated carbocycles. The summed E-state index contributed by atoms with van der Waals surface area (Å²) in [6.07, 6.45) is 0.571. The van der Waals surface area contributed by atoms with Crippen LogP contribution in [0.3, 0.4) is 0 Å². The molecule has 0 unspecified atom stereocenters. The summed E-state index contributed by atoms with van der Waals surface area (Å²) in [7, 11) is 1.41. The van der Waals surface area contributed by atoms with Crippen LogP contribution in [0.4, 0.5) is 0 Å². The zero-order chi connectivity index (χ0) is 11.1. The van der Waals surface area contributed by atoms with Crippen LogP contribution < -0.4 is 4.74 Å². The van der Waals surface area contributed by atoms with Crippen LogP contribution in [0.2, 0.25) is 5.02 Å². The lowest BCUT2D eigenvalue weighted by Gasteiger charge is -2.05. The van der Waals surface area contributed by atoms with E-state index in [1.165, 1.54) is 19.2 Å². The molecule has 14 heavy (non-hydrogen) atoms. The predicted octanol–water partition coefficient (Wildman–Crippen LogP) is 2.89. The minimum absolute atomic E-state index is 0.0179. The fourth-order valence-electron chi connectivity index (χ4n) is 0.818. The Bertz CT molecular complexity index is 310. The van der Waals surface area contributed by atoms with Gasteiger partial charge in [0.05, 0.1) is 12.1 Å². The summed E-state index contributed by atoms with van der Waals surface area (Å²) in [5, 5.41) is 9.31. The molecule has 0 aliphatic carbocycles. The molecule has 0 aliphatic heterocycles. The molecule has 0 aromatic heterocycles. The summed E-state index contributed by atoms with van der Waals surface area (Å²) in [5.74, 6) is 0.0503. The minimum Gasteiger partial charge on any atom is -0.503 e. The van der Waals surface area contributed by atoms with Gasteiger partial charge in [-0.25, -0.2) is 0 Å². The number of aldehydes is 1. The van der Waals surface area contributed by atoms with Crippen LogP contribution in [0.15, 0.2) is 12.1 Å². The van der Waals surface area contributed by atoms with E-state index >= 15 is 0 Å². The molecule has 0 fully saturated rings. The molecule has 1 aromatic carbocycles. The van der Waals surface area contributed by atoms with Crippen LogP contribution >= 0.6 is 11.6 Å². The van der Waals surface area contributed by atoms with Gasteiger partial charge in [-0.3, -0.25) is 4.79 Å². The number of phenolic OH excluding ortho intramolecular Hbond substituents is 1. The highest BCUT2D eigenvalue weighted by Gasteiger charge is 2.09. The molecule has 0 atom stereocenters. The number of ether oxygens (including phenoxy) is 1.